The van der Waals surface area contributed by atoms with Gasteiger partial charge in [-0.2, -0.15) is 0 Å². The number of rotatable bonds is 6. The fourth-order valence-corrected chi connectivity index (χ4v) is 7.41. The van der Waals surface area contributed by atoms with Gasteiger partial charge in [0.15, 0.2) is 17.7 Å². The number of ether oxygens (including phenoxy) is 3. The van der Waals surface area contributed by atoms with E-state index in [1.807, 2.05) is 39.5 Å². The normalized spacial score (nSPS) is 18.0. The second-order valence-electron chi connectivity index (χ2n) is 13.5. The minimum Gasteiger partial charge on any atom is -0.490 e. The molecule has 5 rings (SSSR count). The minimum atomic E-state index is -0.990. The molecule has 6 nitrogen and oxygen atoms in total. The lowest BCUT2D eigenvalue weighted by molar-refractivity contribution is -0.166. The summed E-state index contributed by atoms with van der Waals surface area (Å²) >= 11 is 0. The molecule has 2 aromatic rings. The Morgan fingerprint density at radius 2 is 1.72 bits per heavy atom. The summed E-state index contributed by atoms with van der Waals surface area (Å²) in [4.78, 5) is 29.3. The van der Waals surface area contributed by atoms with Crippen molar-refractivity contribution in [3.63, 3.8) is 0 Å². The highest BCUT2D eigenvalue weighted by Gasteiger charge is 2.38. The second kappa shape index (κ2) is 12.6. The van der Waals surface area contributed by atoms with Gasteiger partial charge in [-0.25, -0.2) is 9.18 Å². The Kier molecular flexibility index (Phi) is 9.22. The van der Waals surface area contributed by atoms with Crippen LogP contribution in [0.5, 0.6) is 5.75 Å². The largest absolute Gasteiger partial charge is 0.490 e. The topological polar surface area (TPSA) is 65.1 Å². The highest BCUT2D eigenvalue weighted by molar-refractivity contribution is 5.87. The van der Waals surface area contributed by atoms with Gasteiger partial charge >= 0.3 is 5.97 Å². The first-order valence-electron chi connectivity index (χ1n) is 16.2. The summed E-state index contributed by atoms with van der Waals surface area (Å²) in [5.74, 6) is -0.166. The molecule has 0 radical (unpaired) electrons. The van der Waals surface area contributed by atoms with Crippen molar-refractivity contribution in [1.29, 1.82) is 0 Å². The fourth-order valence-electron chi connectivity index (χ4n) is 7.41. The van der Waals surface area contributed by atoms with Crippen molar-refractivity contribution in [2.75, 3.05) is 19.8 Å². The van der Waals surface area contributed by atoms with Crippen molar-refractivity contribution < 1.29 is 28.2 Å². The van der Waals surface area contributed by atoms with Crippen molar-refractivity contribution in [1.82, 2.24) is 4.90 Å². The van der Waals surface area contributed by atoms with E-state index in [2.05, 4.69) is 6.92 Å². The molecular formula is C36H48FNO5. The smallest absolute Gasteiger partial charge is 0.339 e. The number of amides is 1. The molecule has 0 N–H and O–H groups in total. The van der Waals surface area contributed by atoms with Crippen LogP contribution >= 0.6 is 0 Å². The molecule has 0 spiro atoms. The molecule has 7 heteroatoms. The fraction of sp³-hybridized carbons (Fsp3) is 0.611. The number of esters is 1. The number of nitrogens with zero attached hydrogens (tertiary/aromatic N) is 1. The van der Waals surface area contributed by atoms with Gasteiger partial charge in [-0.1, -0.05) is 19.3 Å². The van der Waals surface area contributed by atoms with Crippen molar-refractivity contribution >= 4 is 11.9 Å². The van der Waals surface area contributed by atoms with E-state index in [0.29, 0.717) is 31.9 Å². The standard InChI is InChI=1S/C36H48FNO5/c1-8-41-35(40)33(43-36(5,6)7)31-22(3)25-16-17-38(34(39)24-13-10-9-11-14-24)20-28(25)23(4)30(31)27-19-29(37)32-26(21(27)2)15-12-18-42-32/h19,24,33H,8-18,20H2,1-7H3/t33-/m0/s1. The van der Waals surface area contributed by atoms with Gasteiger partial charge in [0, 0.05) is 30.1 Å². The molecule has 3 aliphatic rings. The highest BCUT2D eigenvalue weighted by atomic mass is 19.1. The molecule has 1 atom stereocenters. The lowest BCUT2D eigenvalue weighted by Gasteiger charge is -2.37. The first-order valence-corrected chi connectivity index (χ1v) is 16.2. The molecule has 1 saturated carbocycles. The van der Waals surface area contributed by atoms with E-state index in [1.165, 1.54) is 6.42 Å². The zero-order chi connectivity index (χ0) is 31.1. The number of halogens is 1. The number of benzene rings is 2. The number of carbonyl (C=O) groups is 2. The van der Waals surface area contributed by atoms with E-state index < -0.39 is 23.5 Å². The van der Waals surface area contributed by atoms with E-state index in [0.717, 1.165) is 88.6 Å². The van der Waals surface area contributed by atoms with E-state index >= 15 is 4.39 Å². The summed E-state index contributed by atoms with van der Waals surface area (Å²) in [6.45, 7) is 15.6. The second-order valence-corrected chi connectivity index (χ2v) is 13.5. The molecule has 234 valence electrons. The highest BCUT2D eigenvalue weighted by Crippen LogP contribution is 2.46. The SMILES string of the molecule is CCOC(=O)[C@@H](OC(C)(C)C)c1c(C)c2c(c(C)c1-c1cc(F)c3c(c1C)CCCO3)CN(C(=O)C1CCCCC1)CC2. The van der Waals surface area contributed by atoms with E-state index in [4.69, 9.17) is 14.2 Å². The first kappa shape index (κ1) is 31.5. The zero-order valence-corrected chi connectivity index (χ0v) is 27.1. The van der Waals surface area contributed by atoms with Crippen LogP contribution in [-0.4, -0.2) is 42.1 Å². The maximum Gasteiger partial charge on any atom is 0.339 e. The molecule has 1 fully saturated rings. The summed E-state index contributed by atoms with van der Waals surface area (Å²) in [6, 6.07) is 1.56. The Bertz CT molecular complexity index is 1400. The lowest BCUT2D eigenvalue weighted by atomic mass is 9.78. The summed E-state index contributed by atoms with van der Waals surface area (Å²) in [6.07, 6.45) is 6.62. The Balaban J connectivity index is 1.73. The lowest BCUT2D eigenvalue weighted by Crippen LogP contribution is -2.41. The predicted octanol–water partition coefficient (Wildman–Crippen LogP) is 7.63. The molecule has 0 saturated heterocycles. The third-order valence-corrected chi connectivity index (χ3v) is 9.50. The van der Waals surface area contributed by atoms with Crippen LogP contribution < -0.4 is 4.74 Å². The van der Waals surface area contributed by atoms with Gasteiger partial charge in [0.25, 0.3) is 0 Å². The van der Waals surface area contributed by atoms with E-state index in [1.54, 1.807) is 13.0 Å². The average Bonchev–Trinajstić information content (AvgIpc) is 2.99. The third-order valence-electron chi connectivity index (χ3n) is 9.50. The zero-order valence-electron chi connectivity index (χ0n) is 27.1. The van der Waals surface area contributed by atoms with Crippen LogP contribution in [0.4, 0.5) is 4.39 Å². The molecule has 0 bridgehead atoms. The van der Waals surface area contributed by atoms with Gasteiger partial charge in [0.05, 0.1) is 18.8 Å². The van der Waals surface area contributed by atoms with Crippen molar-refractivity contribution in [3.8, 4) is 16.9 Å². The number of hydrogen-bond acceptors (Lipinski definition) is 5. The maximum absolute atomic E-state index is 15.7. The van der Waals surface area contributed by atoms with Gasteiger partial charge in [-0.05, 0) is 126 Å². The molecule has 2 aliphatic heterocycles. The number of carbonyl (C=O) groups excluding carboxylic acids is 2. The van der Waals surface area contributed by atoms with Crippen LogP contribution in [0, 0.1) is 32.5 Å². The third kappa shape index (κ3) is 6.20. The Hall–Kier alpha value is -2.93. The molecular weight excluding hydrogens is 545 g/mol. The quantitative estimate of drug-likeness (QED) is 0.322. The molecule has 0 unspecified atom stereocenters. The molecule has 1 aliphatic carbocycles. The van der Waals surface area contributed by atoms with Gasteiger partial charge < -0.3 is 19.1 Å². The van der Waals surface area contributed by atoms with Crippen LogP contribution in [0.15, 0.2) is 6.07 Å². The summed E-state index contributed by atoms with van der Waals surface area (Å²) in [7, 11) is 0. The van der Waals surface area contributed by atoms with Crippen molar-refractivity contribution in [2.24, 2.45) is 5.92 Å². The van der Waals surface area contributed by atoms with Gasteiger partial charge in [-0.3, -0.25) is 4.79 Å². The molecule has 1 amide bonds. The Morgan fingerprint density at radius 3 is 2.40 bits per heavy atom. The molecule has 0 aromatic heterocycles. The molecule has 2 heterocycles. The first-order chi connectivity index (χ1) is 20.4. The van der Waals surface area contributed by atoms with Crippen LogP contribution in [-0.2, 0) is 38.4 Å². The van der Waals surface area contributed by atoms with E-state index in [-0.39, 0.29) is 18.4 Å². The van der Waals surface area contributed by atoms with Gasteiger partial charge in [0.1, 0.15) is 0 Å². The van der Waals surface area contributed by atoms with Crippen LogP contribution in [0.25, 0.3) is 11.1 Å². The Morgan fingerprint density at radius 1 is 1.00 bits per heavy atom. The summed E-state index contributed by atoms with van der Waals surface area (Å²) < 4.78 is 33.6. The Labute approximate surface area is 256 Å². The predicted molar refractivity (Wildman–Crippen MR) is 166 cm³/mol. The van der Waals surface area contributed by atoms with Crippen molar-refractivity contribution in [3.05, 3.63) is 50.8 Å². The summed E-state index contributed by atoms with van der Waals surface area (Å²) in [5.41, 5.74) is 7.62. The molecule has 2 aromatic carbocycles. The van der Waals surface area contributed by atoms with Crippen LogP contribution in [0.2, 0.25) is 0 Å². The molecule has 43 heavy (non-hydrogen) atoms. The van der Waals surface area contributed by atoms with Gasteiger partial charge in [-0.15, -0.1) is 0 Å². The minimum absolute atomic E-state index is 0.0980. The van der Waals surface area contributed by atoms with Gasteiger partial charge in [0.2, 0.25) is 5.91 Å². The summed E-state index contributed by atoms with van der Waals surface area (Å²) in [5, 5.41) is 0. The van der Waals surface area contributed by atoms with Crippen LogP contribution in [0.1, 0.15) is 111 Å². The van der Waals surface area contributed by atoms with Crippen LogP contribution in [0.3, 0.4) is 0 Å². The average molecular weight is 594 g/mol. The number of fused-ring (bicyclic) bond motifs is 2. The van der Waals surface area contributed by atoms with E-state index in [9.17, 15) is 9.59 Å². The number of hydrogen-bond donors (Lipinski definition) is 0. The van der Waals surface area contributed by atoms with Crippen molar-refractivity contribution in [2.45, 2.75) is 118 Å². The monoisotopic (exact) mass is 593 g/mol. The maximum atomic E-state index is 15.7.